The highest BCUT2D eigenvalue weighted by molar-refractivity contribution is 7.16. The fourth-order valence-electron chi connectivity index (χ4n) is 1.81. The summed E-state index contributed by atoms with van der Waals surface area (Å²) in [6.45, 7) is 1.75. The fraction of sp³-hybridized carbons (Fsp3) is 0.214. The first-order valence-electron chi connectivity index (χ1n) is 5.48. The summed E-state index contributed by atoms with van der Waals surface area (Å²) >= 11 is 7.34. The highest BCUT2D eigenvalue weighted by atomic mass is 35.5. The van der Waals surface area contributed by atoms with Gasteiger partial charge in [0.15, 0.2) is 0 Å². The molecule has 0 saturated heterocycles. The molecule has 0 fully saturated rings. The molecule has 0 spiro atoms. The van der Waals surface area contributed by atoms with Gasteiger partial charge in [0.2, 0.25) is 0 Å². The largest absolute Gasteiger partial charge is 0.385 e. The summed E-state index contributed by atoms with van der Waals surface area (Å²) < 4.78 is 0.714. The number of nitriles is 1. The first-order valence-corrected chi connectivity index (χ1v) is 6.68. The number of thiophene rings is 1. The number of hydrogen-bond acceptors (Lipinski definition) is 3. The van der Waals surface area contributed by atoms with Crippen LogP contribution in [0.3, 0.4) is 0 Å². The van der Waals surface area contributed by atoms with Crippen molar-refractivity contribution in [3.8, 4) is 6.07 Å². The maximum Gasteiger partial charge on any atom is 0.0991 e. The molecule has 1 heterocycles. The molecule has 0 amide bonds. The lowest BCUT2D eigenvalue weighted by atomic mass is 9.91. The lowest BCUT2D eigenvalue weighted by molar-refractivity contribution is 0.0584. The van der Waals surface area contributed by atoms with Crippen LogP contribution < -0.4 is 0 Å². The second-order valence-electron chi connectivity index (χ2n) is 4.35. The van der Waals surface area contributed by atoms with Crippen LogP contribution in [0.4, 0.5) is 0 Å². The van der Waals surface area contributed by atoms with Crippen molar-refractivity contribution < 1.29 is 5.11 Å². The molecule has 0 aliphatic carbocycles. The van der Waals surface area contributed by atoms with Gasteiger partial charge in [0.1, 0.15) is 0 Å². The second kappa shape index (κ2) is 5.11. The Hall–Kier alpha value is -1.34. The van der Waals surface area contributed by atoms with Gasteiger partial charge in [-0.25, -0.2) is 0 Å². The lowest BCUT2D eigenvalue weighted by Crippen LogP contribution is -2.23. The molecule has 0 aliphatic heterocycles. The van der Waals surface area contributed by atoms with Crippen LogP contribution in [0.1, 0.15) is 22.9 Å². The molecule has 1 atom stereocenters. The van der Waals surface area contributed by atoms with Crippen molar-refractivity contribution in [3.05, 3.63) is 56.7 Å². The van der Waals surface area contributed by atoms with E-state index in [0.717, 1.165) is 10.4 Å². The van der Waals surface area contributed by atoms with Gasteiger partial charge in [0, 0.05) is 11.3 Å². The van der Waals surface area contributed by atoms with E-state index in [4.69, 9.17) is 16.9 Å². The quantitative estimate of drug-likeness (QED) is 0.929. The van der Waals surface area contributed by atoms with Crippen molar-refractivity contribution >= 4 is 22.9 Å². The summed E-state index contributed by atoms with van der Waals surface area (Å²) in [5, 5.41) is 19.4. The van der Waals surface area contributed by atoms with Gasteiger partial charge in [-0.2, -0.15) is 5.26 Å². The van der Waals surface area contributed by atoms with E-state index in [0.29, 0.717) is 16.3 Å². The Balaban J connectivity index is 2.27. The molecule has 1 unspecified atom stereocenters. The van der Waals surface area contributed by atoms with E-state index in [1.165, 1.54) is 11.3 Å². The Morgan fingerprint density at radius 1 is 1.39 bits per heavy atom. The average molecular weight is 278 g/mol. The third kappa shape index (κ3) is 2.91. The van der Waals surface area contributed by atoms with Crippen LogP contribution in [0.15, 0.2) is 36.4 Å². The predicted octanol–water partition coefficient (Wildman–Crippen LogP) is 3.72. The summed E-state index contributed by atoms with van der Waals surface area (Å²) in [6.07, 6.45) is 0.485. The van der Waals surface area contributed by atoms with Gasteiger partial charge in [-0.05, 0) is 36.8 Å². The third-order valence-corrected chi connectivity index (χ3v) is 3.99. The molecule has 2 aromatic rings. The van der Waals surface area contributed by atoms with E-state index in [1.807, 2.05) is 18.2 Å². The van der Waals surface area contributed by atoms with Crippen LogP contribution in [0.25, 0.3) is 0 Å². The minimum Gasteiger partial charge on any atom is -0.385 e. The zero-order chi connectivity index (χ0) is 13.2. The summed E-state index contributed by atoms with van der Waals surface area (Å²) in [5.74, 6) is 0. The van der Waals surface area contributed by atoms with Gasteiger partial charge in [0.05, 0.1) is 21.6 Å². The van der Waals surface area contributed by atoms with Crippen LogP contribution in [-0.4, -0.2) is 5.11 Å². The van der Waals surface area contributed by atoms with Crippen LogP contribution in [-0.2, 0) is 12.0 Å². The molecular weight excluding hydrogens is 266 g/mol. The Labute approximate surface area is 115 Å². The molecule has 2 nitrogen and oxygen atoms in total. The number of nitrogens with zero attached hydrogens (tertiary/aromatic N) is 1. The highest BCUT2D eigenvalue weighted by Gasteiger charge is 2.24. The molecule has 18 heavy (non-hydrogen) atoms. The minimum absolute atomic E-state index is 0.485. The monoisotopic (exact) mass is 277 g/mol. The molecule has 0 aliphatic rings. The SMILES string of the molecule is CC(O)(Cc1ccc(Cl)s1)c1cccc(C#N)c1. The van der Waals surface area contributed by atoms with Crippen molar-refractivity contribution in [2.75, 3.05) is 0 Å². The van der Waals surface area contributed by atoms with Gasteiger partial charge >= 0.3 is 0 Å². The molecule has 92 valence electrons. The number of benzene rings is 1. The molecular formula is C14H12ClNOS. The number of hydrogen-bond donors (Lipinski definition) is 1. The maximum absolute atomic E-state index is 10.5. The molecule has 4 heteroatoms. The van der Waals surface area contributed by atoms with Crippen molar-refractivity contribution in [1.29, 1.82) is 5.26 Å². The normalized spacial score (nSPS) is 13.9. The minimum atomic E-state index is -0.999. The summed E-state index contributed by atoms with van der Waals surface area (Å²) in [7, 11) is 0. The molecule has 1 aromatic heterocycles. The van der Waals surface area contributed by atoms with Crippen LogP contribution in [0, 0.1) is 11.3 Å². The number of aliphatic hydroxyl groups is 1. The standard InChI is InChI=1S/C14H12ClNOS/c1-14(17,8-12-5-6-13(15)18-12)11-4-2-3-10(7-11)9-16/h2-7,17H,8H2,1H3. The maximum atomic E-state index is 10.5. The lowest BCUT2D eigenvalue weighted by Gasteiger charge is -2.23. The molecule has 1 aromatic carbocycles. The summed E-state index contributed by atoms with van der Waals surface area (Å²) in [6, 6.07) is 12.9. The Morgan fingerprint density at radius 2 is 2.17 bits per heavy atom. The van der Waals surface area contributed by atoms with E-state index in [9.17, 15) is 5.11 Å². The third-order valence-electron chi connectivity index (χ3n) is 2.76. The van der Waals surface area contributed by atoms with Crippen molar-refractivity contribution in [3.63, 3.8) is 0 Å². The van der Waals surface area contributed by atoms with Gasteiger partial charge in [-0.15, -0.1) is 11.3 Å². The predicted molar refractivity (Wildman–Crippen MR) is 73.8 cm³/mol. The van der Waals surface area contributed by atoms with Crippen LogP contribution >= 0.6 is 22.9 Å². The zero-order valence-corrected chi connectivity index (χ0v) is 11.4. The Kier molecular flexibility index (Phi) is 3.72. The van der Waals surface area contributed by atoms with Gasteiger partial charge in [-0.1, -0.05) is 23.7 Å². The van der Waals surface area contributed by atoms with Crippen LogP contribution in [0.5, 0.6) is 0 Å². The van der Waals surface area contributed by atoms with E-state index in [2.05, 4.69) is 6.07 Å². The Bertz CT molecular complexity index is 598. The smallest absolute Gasteiger partial charge is 0.0991 e. The summed E-state index contributed by atoms with van der Waals surface area (Å²) in [4.78, 5) is 1.02. The van der Waals surface area contributed by atoms with Crippen molar-refractivity contribution in [2.45, 2.75) is 18.9 Å². The van der Waals surface area contributed by atoms with E-state index < -0.39 is 5.60 Å². The van der Waals surface area contributed by atoms with Crippen molar-refractivity contribution in [2.24, 2.45) is 0 Å². The fourth-order valence-corrected chi connectivity index (χ4v) is 3.05. The van der Waals surface area contributed by atoms with Gasteiger partial charge in [0.25, 0.3) is 0 Å². The van der Waals surface area contributed by atoms with Crippen LogP contribution in [0.2, 0.25) is 4.34 Å². The topological polar surface area (TPSA) is 44.0 Å². The molecule has 2 rings (SSSR count). The summed E-state index contributed by atoms with van der Waals surface area (Å²) in [5.41, 5.74) is 0.296. The molecule has 0 saturated carbocycles. The van der Waals surface area contributed by atoms with E-state index >= 15 is 0 Å². The number of halogens is 1. The second-order valence-corrected chi connectivity index (χ2v) is 6.15. The van der Waals surface area contributed by atoms with Gasteiger partial charge < -0.3 is 5.11 Å². The van der Waals surface area contributed by atoms with E-state index in [-0.39, 0.29) is 0 Å². The number of rotatable bonds is 3. The van der Waals surface area contributed by atoms with Gasteiger partial charge in [-0.3, -0.25) is 0 Å². The molecule has 1 N–H and O–H groups in total. The highest BCUT2D eigenvalue weighted by Crippen LogP contribution is 2.30. The van der Waals surface area contributed by atoms with E-state index in [1.54, 1.807) is 25.1 Å². The Morgan fingerprint density at radius 3 is 2.78 bits per heavy atom. The first kappa shape index (κ1) is 13.1. The molecule has 0 radical (unpaired) electrons. The zero-order valence-electron chi connectivity index (χ0n) is 9.85. The van der Waals surface area contributed by atoms with Crippen molar-refractivity contribution in [1.82, 2.24) is 0 Å². The average Bonchev–Trinajstić information content (AvgIpc) is 2.74. The first-order chi connectivity index (χ1) is 8.51. The molecule has 0 bridgehead atoms.